The summed E-state index contributed by atoms with van der Waals surface area (Å²) in [7, 11) is 0. The number of benzene rings is 1. The minimum absolute atomic E-state index is 0.0237. The van der Waals surface area contributed by atoms with Crippen LogP contribution in [0.15, 0.2) is 29.3 Å². The third-order valence-electron chi connectivity index (χ3n) is 3.33. The number of aliphatic imine (C=N–C) groups is 1. The van der Waals surface area contributed by atoms with E-state index < -0.39 is 0 Å². The number of thioether (sulfide) groups is 2. The molecule has 3 rings (SSSR count). The van der Waals surface area contributed by atoms with Crippen molar-refractivity contribution in [2.75, 3.05) is 23.7 Å². The topological polar surface area (TPSA) is 32.7 Å². The Balaban J connectivity index is 1.76. The predicted octanol–water partition coefficient (Wildman–Crippen LogP) is 3.67. The van der Waals surface area contributed by atoms with Crippen molar-refractivity contribution in [1.29, 1.82) is 0 Å². The molecule has 6 heteroatoms. The largest absolute Gasteiger partial charge is 0.310 e. The Morgan fingerprint density at radius 2 is 2.25 bits per heavy atom. The number of halogens is 1. The van der Waals surface area contributed by atoms with E-state index in [2.05, 4.69) is 4.99 Å². The molecular weight excluding hydrogens is 312 g/mol. The van der Waals surface area contributed by atoms with Gasteiger partial charge in [0.2, 0.25) is 5.91 Å². The Morgan fingerprint density at radius 3 is 3.00 bits per heavy atom. The first-order chi connectivity index (χ1) is 9.75. The Labute approximate surface area is 132 Å². The molecule has 1 fully saturated rings. The highest BCUT2D eigenvalue weighted by Crippen LogP contribution is 2.35. The van der Waals surface area contributed by atoms with Crippen LogP contribution in [0.4, 0.5) is 5.69 Å². The van der Waals surface area contributed by atoms with E-state index in [1.54, 1.807) is 23.5 Å². The van der Waals surface area contributed by atoms with Crippen LogP contribution >= 0.6 is 35.1 Å². The van der Waals surface area contributed by atoms with E-state index in [0.717, 1.165) is 41.7 Å². The second-order valence-corrected chi connectivity index (χ2v) is 7.63. The summed E-state index contributed by atoms with van der Waals surface area (Å²) in [5, 5.41) is 0.614. The monoisotopic (exact) mass is 326 g/mol. The van der Waals surface area contributed by atoms with Gasteiger partial charge in [-0.05, 0) is 25.0 Å². The molecule has 0 spiro atoms. The summed E-state index contributed by atoms with van der Waals surface area (Å²) in [4.78, 5) is 18.9. The molecule has 0 bridgehead atoms. The lowest BCUT2D eigenvalue weighted by Crippen LogP contribution is -2.43. The van der Waals surface area contributed by atoms with E-state index in [4.69, 9.17) is 11.6 Å². The quantitative estimate of drug-likeness (QED) is 0.831. The molecule has 2 aliphatic heterocycles. The van der Waals surface area contributed by atoms with Crippen LogP contribution in [0.3, 0.4) is 0 Å². The van der Waals surface area contributed by atoms with Gasteiger partial charge in [0.25, 0.3) is 0 Å². The van der Waals surface area contributed by atoms with Crippen molar-refractivity contribution in [2.45, 2.75) is 18.1 Å². The average molecular weight is 327 g/mol. The van der Waals surface area contributed by atoms with E-state index >= 15 is 0 Å². The van der Waals surface area contributed by atoms with Crippen molar-refractivity contribution >= 4 is 51.1 Å². The maximum Gasteiger partial charge on any atom is 0.240 e. The molecule has 106 valence electrons. The standard InChI is InChI=1S/C14H15ClN2OS2/c15-10-4-1-2-5-11(10)17-8-3-6-12(13(17)18)20-14-16-7-9-19-14/h1-2,4-5,12H,3,6-9H2/t12-/m0/s1. The van der Waals surface area contributed by atoms with Crippen LogP contribution in [0.5, 0.6) is 0 Å². The molecule has 0 saturated carbocycles. The summed E-state index contributed by atoms with van der Waals surface area (Å²) >= 11 is 9.59. The SMILES string of the molecule is O=C1[C@@H](SC2=NCCS2)CCCN1c1ccccc1Cl. The number of anilines is 1. The molecule has 0 N–H and O–H groups in total. The summed E-state index contributed by atoms with van der Waals surface area (Å²) in [5.74, 6) is 1.20. The van der Waals surface area contributed by atoms with Crippen molar-refractivity contribution in [3.63, 3.8) is 0 Å². The van der Waals surface area contributed by atoms with Crippen molar-refractivity contribution in [3.05, 3.63) is 29.3 Å². The molecule has 1 atom stereocenters. The molecule has 0 aromatic heterocycles. The van der Waals surface area contributed by atoms with Crippen molar-refractivity contribution in [1.82, 2.24) is 0 Å². The first kappa shape index (κ1) is 14.3. The van der Waals surface area contributed by atoms with E-state index in [1.807, 2.05) is 29.2 Å². The number of hydrogen-bond donors (Lipinski definition) is 0. The predicted molar refractivity (Wildman–Crippen MR) is 89.2 cm³/mol. The average Bonchev–Trinajstić information content (AvgIpc) is 2.95. The lowest BCUT2D eigenvalue weighted by molar-refractivity contribution is -0.119. The summed E-state index contributed by atoms with van der Waals surface area (Å²) in [6, 6.07) is 7.55. The van der Waals surface area contributed by atoms with Crippen LogP contribution in [-0.4, -0.2) is 34.4 Å². The summed E-state index contributed by atoms with van der Waals surface area (Å²) < 4.78 is 1.06. The van der Waals surface area contributed by atoms with E-state index in [0.29, 0.717) is 5.02 Å². The van der Waals surface area contributed by atoms with Gasteiger partial charge in [-0.25, -0.2) is 0 Å². The third-order valence-corrected chi connectivity index (χ3v) is 6.11. The van der Waals surface area contributed by atoms with Gasteiger partial charge < -0.3 is 4.90 Å². The van der Waals surface area contributed by atoms with Crippen molar-refractivity contribution in [3.8, 4) is 0 Å². The van der Waals surface area contributed by atoms with Crippen LogP contribution in [0.2, 0.25) is 5.02 Å². The molecule has 1 amide bonds. The number of rotatable bonds is 2. The molecule has 0 aliphatic carbocycles. The molecular formula is C14H15ClN2OS2. The lowest BCUT2D eigenvalue weighted by Gasteiger charge is -2.32. The number of amides is 1. The van der Waals surface area contributed by atoms with Gasteiger partial charge in [-0.1, -0.05) is 47.3 Å². The van der Waals surface area contributed by atoms with Gasteiger partial charge in [-0.2, -0.15) is 0 Å². The van der Waals surface area contributed by atoms with Gasteiger partial charge in [0, 0.05) is 12.3 Å². The number of carbonyl (C=O) groups excluding carboxylic acids is 1. The lowest BCUT2D eigenvalue weighted by atomic mass is 10.1. The Bertz CT molecular complexity index is 550. The number of carbonyl (C=O) groups is 1. The second kappa shape index (κ2) is 6.41. The first-order valence-corrected chi connectivity index (χ1v) is 8.90. The van der Waals surface area contributed by atoms with Crippen LogP contribution in [0.1, 0.15) is 12.8 Å². The maximum absolute atomic E-state index is 12.6. The maximum atomic E-state index is 12.6. The summed E-state index contributed by atoms with van der Waals surface area (Å²) in [5.41, 5.74) is 0.825. The fourth-order valence-electron chi connectivity index (χ4n) is 2.37. The van der Waals surface area contributed by atoms with E-state index in [9.17, 15) is 4.79 Å². The minimum atomic E-state index is -0.0237. The van der Waals surface area contributed by atoms with E-state index in [-0.39, 0.29) is 11.2 Å². The molecule has 3 nitrogen and oxygen atoms in total. The van der Waals surface area contributed by atoms with Crippen molar-refractivity contribution < 1.29 is 4.79 Å². The zero-order chi connectivity index (χ0) is 13.9. The zero-order valence-corrected chi connectivity index (χ0v) is 13.3. The fourth-order valence-corrected chi connectivity index (χ4v) is 4.94. The van der Waals surface area contributed by atoms with Crippen molar-refractivity contribution in [2.24, 2.45) is 4.99 Å². The molecule has 0 radical (unpaired) electrons. The number of hydrogen-bond acceptors (Lipinski definition) is 4. The summed E-state index contributed by atoms with van der Waals surface area (Å²) in [6.07, 6.45) is 1.93. The van der Waals surface area contributed by atoms with Gasteiger partial charge in [-0.3, -0.25) is 9.79 Å². The smallest absolute Gasteiger partial charge is 0.240 e. The van der Waals surface area contributed by atoms with Gasteiger partial charge in [-0.15, -0.1) is 0 Å². The molecule has 2 heterocycles. The second-order valence-electron chi connectivity index (χ2n) is 4.69. The first-order valence-electron chi connectivity index (χ1n) is 6.65. The number of nitrogens with zero attached hydrogens (tertiary/aromatic N) is 2. The van der Waals surface area contributed by atoms with Gasteiger partial charge in [0.1, 0.15) is 4.38 Å². The number of piperidine rings is 1. The molecule has 1 aromatic rings. The Hall–Kier alpha value is -0.650. The third kappa shape index (κ3) is 3.00. The molecule has 2 aliphatic rings. The highest BCUT2D eigenvalue weighted by Gasteiger charge is 2.32. The normalized spacial score (nSPS) is 23.1. The van der Waals surface area contributed by atoms with E-state index in [1.165, 1.54) is 0 Å². The highest BCUT2D eigenvalue weighted by atomic mass is 35.5. The molecule has 20 heavy (non-hydrogen) atoms. The van der Waals surface area contributed by atoms with Crippen LogP contribution in [-0.2, 0) is 4.79 Å². The fraction of sp³-hybridized carbons (Fsp3) is 0.429. The highest BCUT2D eigenvalue weighted by molar-refractivity contribution is 8.39. The van der Waals surface area contributed by atoms with Gasteiger partial charge in [0.05, 0.1) is 22.5 Å². The zero-order valence-electron chi connectivity index (χ0n) is 10.9. The van der Waals surface area contributed by atoms with Crippen LogP contribution in [0.25, 0.3) is 0 Å². The molecule has 1 saturated heterocycles. The van der Waals surface area contributed by atoms with Crippen LogP contribution < -0.4 is 4.90 Å². The molecule has 0 unspecified atom stereocenters. The minimum Gasteiger partial charge on any atom is -0.310 e. The van der Waals surface area contributed by atoms with Gasteiger partial charge in [0.15, 0.2) is 0 Å². The van der Waals surface area contributed by atoms with Gasteiger partial charge >= 0.3 is 0 Å². The Kier molecular flexibility index (Phi) is 4.58. The van der Waals surface area contributed by atoms with Crippen LogP contribution in [0, 0.1) is 0 Å². The summed E-state index contributed by atoms with van der Waals surface area (Å²) in [6.45, 7) is 1.63. The molecule has 1 aromatic carbocycles. The Morgan fingerprint density at radius 1 is 1.40 bits per heavy atom. The number of para-hydroxylation sites is 1.